The summed E-state index contributed by atoms with van der Waals surface area (Å²) in [5.74, 6) is -0.535. The maximum atomic E-state index is 11.9. The van der Waals surface area contributed by atoms with Crippen LogP contribution in [0, 0.1) is 0 Å². The number of carbonyl (C=O) groups is 2. The quantitative estimate of drug-likeness (QED) is 0.534. The molecule has 0 radical (unpaired) electrons. The highest BCUT2D eigenvalue weighted by Crippen LogP contribution is 2.16. The van der Waals surface area contributed by atoms with E-state index in [9.17, 15) is 9.59 Å². The van der Waals surface area contributed by atoms with Crippen molar-refractivity contribution in [3.05, 3.63) is 60.2 Å². The summed E-state index contributed by atoms with van der Waals surface area (Å²) in [6.45, 7) is 3.24. The van der Waals surface area contributed by atoms with Crippen molar-refractivity contribution >= 4 is 17.5 Å². The molecule has 2 amide bonds. The van der Waals surface area contributed by atoms with Crippen LogP contribution in [-0.2, 0) is 16.0 Å². The molecule has 0 heterocycles. The van der Waals surface area contributed by atoms with Gasteiger partial charge in [0.2, 0.25) is 0 Å². The summed E-state index contributed by atoms with van der Waals surface area (Å²) >= 11 is 0. The Hall–Kier alpha value is -2.82. The van der Waals surface area contributed by atoms with E-state index in [2.05, 4.69) is 17.6 Å². The molecule has 0 unspecified atom stereocenters. The van der Waals surface area contributed by atoms with Gasteiger partial charge in [-0.25, -0.2) is 0 Å². The number of benzene rings is 2. The second-order valence-corrected chi connectivity index (χ2v) is 6.03. The fourth-order valence-electron chi connectivity index (χ4n) is 2.38. The summed E-state index contributed by atoms with van der Waals surface area (Å²) < 4.78 is 5.56. The average molecular weight is 354 g/mol. The summed E-state index contributed by atoms with van der Waals surface area (Å²) in [5.41, 5.74) is 1.78. The predicted molar refractivity (Wildman–Crippen MR) is 103 cm³/mol. The number of rotatable bonds is 9. The normalized spacial score (nSPS) is 10.2. The molecule has 0 saturated heterocycles. The zero-order valence-corrected chi connectivity index (χ0v) is 15.2. The first-order chi connectivity index (χ1) is 12.7. The summed E-state index contributed by atoms with van der Waals surface area (Å²) in [6.07, 6.45) is 3.73. The van der Waals surface area contributed by atoms with Crippen molar-refractivity contribution in [2.24, 2.45) is 0 Å². The molecule has 26 heavy (non-hydrogen) atoms. The molecule has 138 valence electrons. The van der Waals surface area contributed by atoms with Crippen molar-refractivity contribution in [2.45, 2.75) is 32.6 Å². The third-order valence-corrected chi connectivity index (χ3v) is 3.86. The van der Waals surface area contributed by atoms with Gasteiger partial charge in [-0.2, -0.15) is 0 Å². The summed E-state index contributed by atoms with van der Waals surface area (Å²) in [5, 5.41) is 5.23. The van der Waals surface area contributed by atoms with Gasteiger partial charge in [0.05, 0.1) is 6.61 Å². The van der Waals surface area contributed by atoms with Gasteiger partial charge in [-0.1, -0.05) is 43.7 Å². The van der Waals surface area contributed by atoms with E-state index in [0.717, 1.165) is 31.4 Å². The molecule has 5 nitrogen and oxygen atoms in total. The topological polar surface area (TPSA) is 67.4 Å². The van der Waals surface area contributed by atoms with E-state index in [1.807, 2.05) is 30.3 Å². The Morgan fingerprint density at radius 2 is 1.65 bits per heavy atom. The SMILES string of the molecule is CCCCOc1ccc(NC(=O)C(=O)NCCCc2ccccc2)cc1. The van der Waals surface area contributed by atoms with Crippen LogP contribution >= 0.6 is 0 Å². The van der Waals surface area contributed by atoms with Crippen LogP contribution in [0.15, 0.2) is 54.6 Å². The van der Waals surface area contributed by atoms with Gasteiger partial charge in [-0.15, -0.1) is 0 Å². The molecule has 0 aliphatic rings. The van der Waals surface area contributed by atoms with E-state index in [-0.39, 0.29) is 0 Å². The second-order valence-electron chi connectivity index (χ2n) is 6.03. The molecule has 2 aromatic carbocycles. The fourth-order valence-corrected chi connectivity index (χ4v) is 2.38. The van der Waals surface area contributed by atoms with Gasteiger partial charge < -0.3 is 15.4 Å². The monoisotopic (exact) mass is 354 g/mol. The number of nitrogens with one attached hydrogen (secondary N) is 2. The second kappa shape index (κ2) is 10.9. The fraction of sp³-hybridized carbons (Fsp3) is 0.333. The lowest BCUT2D eigenvalue weighted by Gasteiger charge is -2.08. The molecule has 0 saturated carbocycles. The lowest BCUT2D eigenvalue weighted by molar-refractivity contribution is -0.136. The van der Waals surface area contributed by atoms with E-state index in [0.29, 0.717) is 18.8 Å². The Morgan fingerprint density at radius 1 is 0.923 bits per heavy atom. The zero-order valence-electron chi connectivity index (χ0n) is 15.2. The number of ether oxygens (including phenoxy) is 1. The van der Waals surface area contributed by atoms with Gasteiger partial charge in [0.15, 0.2) is 0 Å². The maximum absolute atomic E-state index is 11.9. The van der Waals surface area contributed by atoms with Gasteiger partial charge in [-0.05, 0) is 49.1 Å². The Bertz CT molecular complexity index is 684. The summed E-state index contributed by atoms with van der Waals surface area (Å²) in [7, 11) is 0. The molecule has 0 aliphatic heterocycles. The first-order valence-electron chi connectivity index (χ1n) is 9.05. The third kappa shape index (κ3) is 6.97. The van der Waals surface area contributed by atoms with Crippen LogP contribution in [0.5, 0.6) is 5.75 Å². The minimum atomic E-state index is -0.663. The summed E-state index contributed by atoms with van der Waals surface area (Å²) in [6, 6.07) is 17.0. The maximum Gasteiger partial charge on any atom is 0.313 e. The van der Waals surface area contributed by atoms with Crippen LogP contribution in [0.25, 0.3) is 0 Å². The Kier molecular flexibility index (Phi) is 8.19. The van der Waals surface area contributed by atoms with Gasteiger partial charge in [0.25, 0.3) is 0 Å². The third-order valence-electron chi connectivity index (χ3n) is 3.86. The van der Waals surface area contributed by atoms with E-state index in [1.165, 1.54) is 5.56 Å². The lowest BCUT2D eigenvalue weighted by Crippen LogP contribution is -2.36. The minimum absolute atomic E-state index is 0.464. The number of aryl methyl sites for hydroxylation is 1. The van der Waals surface area contributed by atoms with Crippen LogP contribution in [0.4, 0.5) is 5.69 Å². The van der Waals surface area contributed by atoms with Crippen molar-refractivity contribution in [2.75, 3.05) is 18.5 Å². The van der Waals surface area contributed by atoms with E-state index >= 15 is 0 Å². The highest BCUT2D eigenvalue weighted by atomic mass is 16.5. The minimum Gasteiger partial charge on any atom is -0.494 e. The van der Waals surface area contributed by atoms with Gasteiger partial charge in [-0.3, -0.25) is 9.59 Å². The molecule has 0 bridgehead atoms. The molecule has 0 fully saturated rings. The molecule has 2 aromatic rings. The van der Waals surface area contributed by atoms with Crippen molar-refractivity contribution < 1.29 is 14.3 Å². The molecule has 0 spiro atoms. The molecule has 2 rings (SSSR count). The van der Waals surface area contributed by atoms with E-state index < -0.39 is 11.8 Å². The smallest absolute Gasteiger partial charge is 0.313 e. The van der Waals surface area contributed by atoms with Crippen molar-refractivity contribution in [3.8, 4) is 5.75 Å². The summed E-state index contributed by atoms with van der Waals surface area (Å²) in [4.78, 5) is 23.8. The molecule has 0 atom stereocenters. The van der Waals surface area contributed by atoms with Gasteiger partial charge in [0.1, 0.15) is 5.75 Å². The molecule has 0 aromatic heterocycles. The number of carbonyl (C=O) groups excluding carboxylic acids is 2. The Balaban J connectivity index is 1.68. The van der Waals surface area contributed by atoms with Gasteiger partial charge >= 0.3 is 11.8 Å². The first kappa shape index (κ1) is 19.5. The average Bonchev–Trinajstić information content (AvgIpc) is 2.67. The van der Waals surface area contributed by atoms with Crippen LogP contribution < -0.4 is 15.4 Å². The molecular weight excluding hydrogens is 328 g/mol. The van der Waals surface area contributed by atoms with Crippen LogP contribution in [0.1, 0.15) is 31.7 Å². The van der Waals surface area contributed by atoms with Crippen LogP contribution in [0.2, 0.25) is 0 Å². The first-order valence-corrected chi connectivity index (χ1v) is 9.05. The highest BCUT2D eigenvalue weighted by molar-refractivity contribution is 6.39. The number of hydrogen-bond donors (Lipinski definition) is 2. The Labute approximate surface area is 154 Å². The largest absolute Gasteiger partial charge is 0.494 e. The molecule has 0 aliphatic carbocycles. The van der Waals surface area contributed by atoms with Crippen molar-refractivity contribution in [1.29, 1.82) is 0 Å². The number of anilines is 1. The highest BCUT2D eigenvalue weighted by Gasteiger charge is 2.12. The van der Waals surface area contributed by atoms with Crippen LogP contribution in [0.3, 0.4) is 0 Å². The Morgan fingerprint density at radius 3 is 2.35 bits per heavy atom. The number of unbranched alkanes of at least 4 members (excludes halogenated alkanes) is 1. The molecular formula is C21H26N2O3. The molecule has 2 N–H and O–H groups in total. The van der Waals surface area contributed by atoms with Crippen molar-refractivity contribution in [3.63, 3.8) is 0 Å². The standard InChI is InChI=1S/C21H26N2O3/c1-2-3-16-26-19-13-11-18(12-14-19)23-21(25)20(24)22-15-7-10-17-8-5-4-6-9-17/h4-6,8-9,11-14H,2-3,7,10,15-16H2,1H3,(H,22,24)(H,23,25). The predicted octanol–water partition coefficient (Wildman–Crippen LogP) is 3.55. The number of amides is 2. The zero-order chi connectivity index (χ0) is 18.6. The van der Waals surface area contributed by atoms with Crippen LogP contribution in [-0.4, -0.2) is 25.0 Å². The molecule has 5 heteroatoms. The number of hydrogen-bond acceptors (Lipinski definition) is 3. The van der Waals surface area contributed by atoms with E-state index in [1.54, 1.807) is 24.3 Å². The van der Waals surface area contributed by atoms with Crippen molar-refractivity contribution in [1.82, 2.24) is 5.32 Å². The van der Waals surface area contributed by atoms with E-state index in [4.69, 9.17) is 4.74 Å². The lowest BCUT2D eigenvalue weighted by atomic mass is 10.1. The van der Waals surface area contributed by atoms with Gasteiger partial charge in [0, 0.05) is 12.2 Å².